The van der Waals surface area contributed by atoms with Crippen LogP contribution in [-0.2, 0) is 4.79 Å². The highest BCUT2D eigenvalue weighted by molar-refractivity contribution is 5.92. The highest BCUT2D eigenvalue weighted by Crippen LogP contribution is 2.37. The summed E-state index contributed by atoms with van der Waals surface area (Å²) in [5, 5.41) is 1.34. The van der Waals surface area contributed by atoms with E-state index in [2.05, 4.69) is 83.0 Å². The molecule has 2 aromatic rings. The molecule has 0 unspecified atom stereocenters. The van der Waals surface area contributed by atoms with Crippen molar-refractivity contribution in [3.05, 3.63) is 64.4 Å². The van der Waals surface area contributed by atoms with Crippen molar-refractivity contribution in [3.63, 3.8) is 0 Å². The van der Waals surface area contributed by atoms with Crippen molar-refractivity contribution in [2.75, 3.05) is 33.7 Å². The van der Waals surface area contributed by atoms with E-state index in [1.54, 1.807) is 0 Å². The molecule has 0 spiro atoms. The van der Waals surface area contributed by atoms with Crippen LogP contribution in [0.2, 0.25) is 0 Å². The number of hydrogen-bond acceptors (Lipinski definition) is 2. The third kappa shape index (κ3) is 6.35. The van der Waals surface area contributed by atoms with Gasteiger partial charge in [0.2, 0.25) is 5.91 Å². The summed E-state index contributed by atoms with van der Waals surface area (Å²) in [6.45, 7) is 15.5. The van der Waals surface area contributed by atoms with Gasteiger partial charge >= 0.3 is 0 Å². The molecule has 0 radical (unpaired) electrons. The molecule has 1 saturated heterocycles. The molecule has 0 aliphatic carbocycles. The van der Waals surface area contributed by atoms with Crippen molar-refractivity contribution in [1.82, 2.24) is 14.8 Å². The van der Waals surface area contributed by atoms with Crippen molar-refractivity contribution in [1.29, 1.82) is 0 Å². The minimum Gasteiger partial charge on any atom is -0.354 e. The fraction of sp³-hybridized carbons (Fsp3) is 0.516. The smallest absolute Gasteiger partial charge is 0.236 e. The van der Waals surface area contributed by atoms with Crippen LogP contribution in [0.15, 0.2) is 47.6 Å². The normalized spacial score (nSPS) is 16.7. The monoisotopic (exact) mass is 475 g/mol. The van der Waals surface area contributed by atoms with Crippen LogP contribution in [0.5, 0.6) is 0 Å². The highest BCUT2D eigenvalue weighted by Gasteiger charge is 2.25. The van der Waals surface area contributed by atoms with E-state index >= 15 is 0 Å². The molecule has 4 heteroatoms. The quantitative estimate of drug-likeness (QED) is 0.408. The molecular formula is C31H45N3O. The van der Waals surface area contributed by atoms with Gasteiger partial charge in [0, 0.05) is 29.7 Å². The number of fused-ring (bicyclic) bond motifs is 1. The van der Waals surface area contributed by atoms with E-state index < -0.39 is 0 Å². The lowest BCUT2D eigenvalue weighted by atomic mass is 9.87. The minimum atomic E-state index is 0.243. The van der Waals surface area contributed by atoms with Crippen molar-refractivity contribution < 1.29 is 4.79 Å². The number of rotatable bonds is 8. The molecule has 1 aliphatic heterocycles. The summed E-state index contributed by atoms with van der Waals surface area (Å²) in [4.78, 5) is 20.2. The Morgan fingerprint density at radius 1 is 1.20 bits per heavy atom. The number of hydrogen-bond donors (Lipinski definition) is 1. The number of allylic oxidation sites excluding steroid dienone is 6. The van der Waals surface area contributed by atoms with Crippen LogP contribution in [0.4, 0.5) is 0 Å². The molecule has 0 bridgehead atoms. The zero-order valence-electron chi connectivity index (χ0n) is 23.2. The molecule has 1 aromatic heterocycles. The van der Waals surface area contributed by atoms with E-state index in [1.165, 1.54) is 44.4 Å². The molecule has 4 nitrogen and oxygen atoms in total. The first-order valence-corrected chi connectivity index (χ1v) is 13.2. The van der Waals surface area contributed by atoms with Crippen molar-refractivity contribution >= 4 is 22.4 Å². The molecule has 1 amide bonds. The Morgan fingerprint density at radius 3 is 2.46 bits per heavy atom. The molecule has 1 N–H and O–H groups in total. The van der Waals surface area contributed by atoms with Gasteiger partial charge in [0.15, 0.2) is 0 Å². The number of likely N-dealkylation sites (N-methyl/N-ethyl adjacent to an activating group) is 1. The second kappa shape index (κ2) is 11.9. The number of aromatic amines is 1. The van der Waals surface area contributed by atoms with Gasteiger partial charge in [-0.2, -0.15) is 0 Å². The lowest BCUT2D eigenvalue weighted by molar-refractivity contribution is -0.132. The second-order valence-electron chi connectivity index (χ2n) is 10.7. The van der Waals surface area contributed by atoms with E-state index in [-0.39, 0.29) is 5.91 Å². The number of H-pyrrole nitrogens is 1. The number of amides is 1. The van der Waals surface area contributed by atoms with Gasteiger partial charge in [-0.15, -0.1) is 0 Å². The van der Waals surface area contributed by atoms with Gasteiger partial charge < -0.3 is 14.8 Å². The molecule has 3 rings (SSSR count). The topological polar surface area (TPSA) is 39.3 Å². The molecular weight excluding hydrogens is 430 g/mol. The summed E-state index contributed by atoms with van der Waals surface area (Å²) in [6, 6.07) is 6.97. The SMILES string of the molecule is C/C=C\C(=C/C(C)=C(C)CC)c1[nH]c2ccc(C3CCN(C(=O)CN(C)C)CC3)cc2c1C(C)C. The van der Waals surface area contributed by atoms with Crippen LogP contribution in [0.1, 0.15) is 89.5 Å². The molecule has 1 aliphatic rings. The zero-order valence-corrected chi connectivity index (χ0v) is 23.2. The summed E-state index contributed by atoms with van der Waals surface area (Å²) < 4.78 is 0. The molecule has 1 aromatic carbocycles. The van der Waals surface area contributed by atoms with Gasteiger partial charge in [0.05, 0.1) is 6.54 Å². The Kier molecular flexibility index (Phi) is 9.18. The average molecular weight is 476 g/mol. The van der Waals surface area contributed by atoms with Crippen molar-refractivity contribution in [3.8, 4) is 0 Å². The first kappa shape index (κ1) is 27.0. The average Bonchev–Trinajstić information content (AvgIpc) is 3.21. The third-order valence-corrected chi connectivity index (χ3v) is 7.42. The summed E-state index contributed by atoms with van der Waals surface area (Å²) in [7, 11) is 3.91. The highest BCUT2D eigenvalue weighted by atomic mass is 16.2. The first-order valence-electron chi connectivity index (χ1n) is 13.2. The number of benzene rings is 1. The summed E-state index contributed by atoms with van der Waals surface area (Å²) in [5.41, 5.74) is 9.24. The Balaban J connectivity index is 1.96. The molecule has 2 heterocycles. The number of nitrogens with zero attached hydrogens (tertiary/aromatic N) is 2. The maximum absolute atomic E-state index is 12.5. The minimum absolute atomic E-state index is 0.243. The molecule has 1 fully saturated rings. The van der Waals surface area contributed by atoms with Gasteiger partial charge in [-0.25, -0.2) is 0 Å². The summed E-state index contributed by atoms with van der Waals surface area (Å²) >= 11 is 0. The van der Waals surface area contributed by atoms with E-state index in [9.17, 15) is 4.79 Å². The van der Waals surface area contributed by atoms with Crippen molar-refractivity contribution in [2.24, 2.45) is 0 Å². The first-order chi connectivity index (χ1) is 16.7. The predicted octanol–water partition coefficient (Wildman–Crippen LogP) is 7.26. The van der Waals surface area contributed by atoms with E-state index in [0.29, 0.717) is 18.4 Å². The Morgan fingerprint density at radius 2 is 1.89 bits per heavy atom. The molecule has 190 valence electrons. The number of likely N-dealkylation sites (tertiary alicyclic amines) is 1. The third-order valence-electron chi connectivity index (χ3n) is 7.42. The predicted molar refractivity (Wildman–Crippen MR) is 151 cm³/mol. The largest absolute Gasteiger partial charge is 0.354 e. The standard InChI is InChI=1S/C31H45N3O/c1-9-11-26(18-23(6)22(5)10-2)31-30(21(3)4)27-19-25(12-13-28(27)32-31)24-14-16-34(17-15-24)29(35)20-33(7)8/h9,11-13,18-19,21,24,32H,10,14-17,20H2,1-8H3/b11-9-,23-22?,26-18+. The maximum atomic E-state index is 12.5. The van der Waals surface area contributed by atoms with Crippen LogP contribution in [-0.4, -0.2) is 54.4 Å². The number of carbonyl (C=O) groups excluding carboxylic acids is 1. The zero-order chi connectivity index (χ0) is 25.7. The van der Waals surface area contributed by atoms with Gasteiger partial charge in [-0.05, 0) is 94.8 Å². The maximum Gasteiger partial charge on any atom is 0.236 e. The van der Waals surface area contributed by atoms with E-state index in [4.69, 9.17) is 0 Å². The van der Waals surface area contributed by atoms with Crippen LogP contribution in [0, 0.1) is 0 Å². The van der Waals surface area contributed by atoms with Crippen molar-refractivity contribution in [2.45, 2.75) is 72.6 Å². The Labute approximate surface area is 212 Å². The van der Waals surface area contributed by atoms with Crippen LogP contribution < -0.4 is 0 Å². The Bertz CT molecular complexity index is 1120. The fourth-order valence-electron chi connectivity index (χ4n) is 5.16. The lowest BCUT2D eigenvalue weighted by Crippen LogP contribution is -2.42. The van der Waals surface area contributed by atoms with E-state index in [1.807, 2.05) is 23.9 Å². The number of piperidine rings is 1. The van der Waals surface area contributed by atoms with Crippen LogP contribution in [0.25, 0.3) is 16.5 Å². The van der Waals surface area contributed by atoms with Crippen LogP contribution >= 0.6 is 0 Å². The van der Waals surface area contributed by atoms with Gasteiger partial charge in [-0.1, -0.05) is 56.2 Å². The van der Waals surface area contributed by atoms with Gasteiger partial charge in [-0.3, -0.25) is 4.79 Å². The number of aromatic nitrogens is 1. The van der Waals surface area contributed by atoms with Gasteiger partial charge in [0.25, 0.3) is 0 Å². The summed E-state index contributed by atoms with van der Waals surface area (Å²) in [5.74, 6) is 1.15. The summed E-state index contributed by atoms with van der Waals surface area (Å²) in [6.07, 6.45) is 9.82. The number of carbonyl (C=O) groups is 1. The van der Waals surface area contributed by atoms with E-state index in [0.717, 1.165) is 32.4 Å². The molecule has 0 atom stereocenters. The number of nitrogens with one attached hydrogen (secondary N) is 1. The second-order valence-corrected chi connectivity index (χ2v) is 10.7. The lowest BCUT2D eigenvalue weighted by Gasteiger charge is -2.33. The van der Waals surface area contributed by atoms with Gasteiger partial charge in [0.1, 0.15) is 0 Å². The Hall–Kier alpha value is -2.59. The fourth-order valence-corrected chi connectivity index (χ4v) is 5.16. The molecule has 35 heavy (non-hydrogen) atoms. The van der Waals surface area contributed by atoms with Crippen LogP contribution in [0.3, 0.4) is 0 Å². The molecule has 0 saturated carbocycles.